The minimum Gasteiger partial charge on any atom is -0.474 e. The maximum atomic E-state index is 12.9. The summed E-state index contributed by atoms with van der Waals surface area (Å²) in [5.41, 5.74) is -4.27. The van der Waals surface area contributed by atoms with E-state index in [9.17, 15) is 40.7 Å². The first-order chi connectivity index (χ1) is 25.6. The van der Waals surface area contributed by atoms with Crippen molar-refractivity contribution in [1.29, 1.82) is 0 Å². The summed E-state index contributed by atoms with van der Waals surface area (Å²) in [5, 5.41) is 3.35. The maximum absolute atomic E-state index is 12.9. The van der Waals surface area contributed by atoms with Crippen LogP contribution < -0.4 is 14.8 Å². The fourth-order valence-corrected chi connectivity index (χ4v) is 7.33. The van der Waals surface area contributed by atoms with Crippen LogP contribution in [0.25, 0.3) is 0 Å². The van der Waals surface area contributed by atoms with E-state index in [2.05, 4.69) is 5.32 Å². The zero-order valence-corrected chi connectivity index (χ0v) is 30.4. The zero-order chi connectivity index (χ0) is 39.3. The molecule has 0 bridgehead atoms. The average Bonchev–Trinajstić information content (AvgIpc) is 4.10. The number of hydrogen-bond donors (Lipinski definition) is 1. The molecule has 2 saturated heterocycles. The minimum atomic E-state index is -4.47. The fourth-order valence-electron chi connectivity index (χ4n) is 7.33. The maximum Gasteiger partial charge on any atom is 0.416 e. The topological polar surface area (TPSA) is 113 Å². The van der Waals surface area contributed by atoms with Crippen molar-refractivity contribution in [2.75, 3.05) is 34.4 Å². The molecule has 4 atom stereocenters. The first-order valence-electron chi connectivity index (χ1n) is 18.0. The molecule has 0 aromatic heterocycles. The van der Waals surface area contributed by atoms with Gasteiger partial charge in [-0.15, -0.1) is 0 Å². The first kappa shape index (κ1) is 41.0. The number of rotatable bonds is 10. The minimum absolute atomic E-state index is 0.107. The van der Waals surface area contributed by atoms with Crippen molar-refractivity contribution < 1.29 is 64.4 Å². The lowest BCUT2D eigenvalue weighted by Gasteiger charge is -2.47. The monoisotopic (exact) mass is 772 g/mol. The summed E-state index contributed by atoms with van der Waals surface area (Å²) in [7, 11) is 3.80. The van der Waals surface area contributed by atoms with Crippen molar-refractivity contribution in [3.63, 3.8) is 0 Å². The standard InChI is InChI=1S/C20H24F3NO5.C18H22F3NO3/c1-27-17(25)19(29-15-8-6-14(7-9-15)20(21,22)23)10-3-11-24(18(26)28-2)16(19)12-13-4-5-13;1-24-16(23)17(9-2-10-22-15(17)11-12-3-4-12)25-14-7-5-13(6-8-14)18(19,20)21/h6-9,13,16H,3-5,10-12H2,1-2H3;5-8,12,15,22H,2-4,9-11H2,1H3/t16-,19+;15-,17+/m11/s1. The van der Waals surface area contributed by atoms with Crippen LogP contribution >= 0.6 is 0 Å². The number of hydrogen-bond acceptors (Lipinski definition) is 9. The van der Waals surface area contributed by atoms with E-state index in [0.29, 0.717) is 37.6 Å². The van der Waals surface area contributed by atoms with Crippen LogP contribution in [-0.2, 0) is 36.2 Å². The van der Waals surface area contributed by atoms with E-state index in [-0.39, 0.29) is 24.0 Å². The number of benzene rings is 2. The number of methoxy groups -OCH3 is 3. The molecule has 10 nitrogen and oxygen atoms in total. The van der Waals surface area contributed by atoms with Gasteiger partial charge in [0, 0.05) is 19.4 Å². The molecule has 1 N–H and O–H groups in total. The van der Waals surface area contributed by atoms with Crippen LogP contribution in [0, 0.1) is 11.8 Å². The predicted octanol–water partition coefficient (Wildman–Crippen LogP) is 7.58. The molecule has 2 aliphatic carbocycles. The Morgan fingerprint density at radius 3 is 1.61 bits per heavy atom. The molecule has 16 heteroatoms. The van der Waals surface area contributed by atoms with Gasteiger partial charge in [0.2, 0.25) is 11.2 Å². The van der Waals surface area contributed by atoms with Crippen molar-refractivity contribution in [2.24, 2.45) is 11.8 Å². The van der Waals surface area contributed by atoms with Crippen molar-refractivity contribution >= 4 is 18.0 Å². The molecule has 6 rings (SSSR count). The summed E-state index contributed by atoms with van der Waals surface area (Å²) in [4.78, 5) is 39.3. The molecule has 2 heterocycles. The molecule has 0 unspecified atom stereocenters. The van der Waals surface area contributed by atoms with Crippen LogP contribution in [0.4, 0.5) is 31.1 Å². The number of nitrogens with zero attached hydrogens (tertiary/aromatic N) is 1. The highest BCUT2D eigenvalue weighted by molar-refractivity contribution is 5.83. The van der Waals surface area contributed by atoms with Gasteiger partial charge in [-0.25, -0.2) is 14.4 Å². The molecule has 54 heavy (non-hydrogen) atoms. The van der Waals surface area contributed by atoms with E-state index in [0.717, 1.165) is 69.3 Å². The highest BCUT2D eigenvalue weighted by Gasteiger charge is 2.57. The Labute approximate surface area is 309 Å². The number of ether oxygens (including phenoxy) is 5. The normalized spacial score (nSPS) is 25.8. The van der Waals surface area contributed by atoms with Gasteiger partial charge in [0.25, 0.3) is 0 Å². The second-order valence-electron chi connectivity index (χ2n) is 14.3. The number of amides is 1. The van der Waals surface area contributed by atoms with Crippen LogP contribution in [0.1, 0.15) is 75.3 Å². The smallest absolute Gasteiger partial charge is 0.416 e. The second kappa shape index (κ2) is 16.7. The van der Waals surface area contributed by atoms with Crippen LogP contribution in [0.5, 0.6) is 11.5 Å². The van der Waals surface area contributed by atoms with Gasteiger partial charge in [-0.2, -0.15) is 26.3 Å². The molecule has 2 aliphatic heterocycles. The van der Waals surface area contributed by atoms with Gasteiger partial charge in [-0.05, 0) is 92.6 Å². The number of alkyl halides is 6. The summed E-state index contributed by atoms with van der Waals surface area (Å²) in [6, 6.07) is 7.77. The number of halogens is 6. The lowest BCUT2D eigenvalue weighted by atomic mass is 9.81. The molecule has 0 spiro atoms. The van der Waals surface area contributed by atoms with Crippen molar-refractivity contribution in [3.05, 3.63) is 59.7 Å². The molecule has 1 amide bonds. The van der Waals surface area contributed by atoms with Crippen LogP contribution in [0.2, 0.25) is 0 Å². The third-order valence-electron chi connectivity index (χ3n) is 10.5. The van der Waals surface area contributed by atoms with Gasteiger partial charge in [-0.1, -0.05) is 25.7 Å². The summed E-state index contributed by atoms with van der Waals surface area (Å²) >= 11 is 0. The van der Waals surface area contributed by atoms with E-state index >= 15 is 0 Å². The van der Waals surface area contributed by atoms with E-state index in [1.165, 1.54) is 50.5 Å². The Bertz CT molecular complexity index is 1600. The molecule has 2 aromatic carbocycles. The lowest BCUT2D eigenvalue weighted by Crippen LogP contribution is -2.65. The number of esters is 2. The molecule has 2 aromatic rings. The van der Waals surface area contributed by atoms with Crippen LogP contribution in [-0.4, -0.2) is 80.6 Å². The summed E-state index contributed by atoms with van der Waals surface area (Å²) in [5.74, 6) is 0.127. The zero-order valence-electron chi connectivity index (χ0n) is 30.4. The second-order valence-corrected chi connectivity index (χ2v) is 14.3. The Hall–Kier alpha value is -4.21. The highest BCUT2D eigenvalue weighted by atomic mass is 19.4. The first-order valence-corrected chi connectivity index (χ1v) is 18.0. The largest absolute Gasteiger partial charge is 0.474 e. The van der Waals surface area contributed by atoms with Crippen molar-refractivity contribution in [3.8, 4) is 11.5 Å². The summed E-state index contributed by atoms with van der Waals surface area (Å²) < 4.78 is 104. The van der Waals surface area contributed by atoms with Gasteiger partial charge in [-0.3, -0.25) is 0 Å². The van der Waals surface area contributed by atoms with Gasteiger partial charge in [0.05, 0.1) is 44.5 Å². The van der Waals surface area contributed by atoms with Gasteiger partial charge >= 0.3 is 30.4 Å². The number of nitrogens with one attached hydrogen (secondary N) is 1. The molecule has 0 radical (unpaired) electrons. The van der Waals surface area contributed by atoms with Crippen LogP contribution in [0.3, 0.4) is 0 Å². The average molecular weight is 773 g/mol. The number of carbonyl (C=O) groups excluding carboxylic acids is 3. The molecular weight excluding hydrogens is 726 g/mol. The lowest BCUT2D eigenvalue weighted by molar-refractivity contribution is -0.170. The van der Waals surface area contributed by atoms with E-state index in [1.54, 1.807) is 0 Å². The Morgan fingerprint density at radius 1 is 0.685 bits per heavy atom. The molecular formula is C38H46F6N2O8. The number of likely N-dealkylation sites (tertiary alicyclic amines) is 1. The Kier molecular flexibility index (Phi) is 12.6. The summed E-state index contributed by atoms with van der Waals surface area (Å²) in [6.45, 7) is 1.19. The fraction of sp³-hybridized carbons (Fsp3) is 0.605. The van der Waals surface area contributed by atoms with Crippen LogP contribution in [0.15, 0.2) is 48.5 Å². The van der Waals surface area contributed by atoms with E-state index < -0.39 is 58.8 Å². The number of piperidine rings is 2. The highest BCUT2D eigenvalue weighted by Crippen LogP contribution is 2.44. The predicted molar refractivity (Wildman–Crippen MR) is 181 cm³/mol. The van der Waals surface area contributed by atoms with Gasteiger partial charge in [0.15, 0.2) is 0 Å². The third-order valence-corrected chi connectivity index (χ3v) is 10.5. The third kappa shape index (κ3) is 9.53. The summed E-state index contributed by atoms with van der Waals surface area (Å²) in [6.07, 6.45) is -1.91. The SMILES string of the molecule is COC(=O)N1CCC[C@@](Oc2ccc(C(F)(F)F)cc2)(C(=O)OC)[C@H]1CC1CC1.COC(=O)[C@]1(Oc2ccc(C(F)(F)F)cc2)CCCN[C@@H]1CC1CC1. The van der Waals surface area contributed by atoms with E-state index in [4.69, 9.17) is 23.7 Å². The van der Waals surface area contributed by atoms with E-state index in [1.807, 2.05) is 0 Å². The number of carbonyl (C=O) groups is 3. The van der Waals surface area contributed by atoms with Crippen molar-refractivity contribution in [1.82, 2.24) is 10.2 Å². The van der Waals surface area contributed by atoms with Gasteiger partial charge in [0.1, 0.15) is 11.5 Å². The quantitative estimate of drug-likeness (QED) is 0.149. The molecule has 4 fully saturated rings. The Balaban J connectivity index is 0.000000210. The molecule has 2 saturated carbocycles. The molecule has 4 aliphatic rings. The molecule has 298 valence electrons. The van der Waals surface area contributed by atoms with Crippen molar-refractivity contribution in [2.45, 2.75) is 99.8 Å². The van der Waals surface area contributed by atoms with Gasteiger partial charge < -0.3 is 33.9 Å². The Morgan fingerprint density at radius 2 is 1.15 bits per heavy atom.